The molecule has 2 rings (SSSR count). The summed E-state index contributed by atoms with van der Waals surface area (Å²) in [6.07, 6.45) is -0.114. The van der Waals surface area contributed by atoms with Gasteiger partial charge in [-0.1, -0.05) is 30.3 Å². The number of rotatable bonds is 2. The molecular weight excluding hydrogens is 258 g/mol. The summed E-state index contributed by atoms with van der Waals surface area (Å²) in [6, 6.07) is 9.27. The molecule has 0 radical (unpaired) electrons. The number of hydrogen-bond donors (Lipinski definition) is 1. The number of ether oxygens (including phenoxy) is 1. The summed E-state index contributed by atoms with van der Waals surface area (Å²) in [4.78, 5) is 26.6. The number of nitrogens with two attached hydrogens (primary N) is 1. The van der Waals surface area contributed by atoms with E-state index in [1.807, 2.05) is 37.3 Å². The highest BCUT2D eigenvalue weighted by atomic mass is 16.5. The van der Waals surface area contributed by atoms with Crippen LogP contribution < -0.4 is 5.73 Å². The standard InChI is InChI=1S/C14H17N3O3/c1-3-16-9-11(10-7-5-4-6-8-10)17(14(19)20-2)12(15)13(16)18/h4-9,12H,3,15H2,1-2H3. The maximum absolute atomic E-state index is 12.1. The first-order valence-corrected chi connectivity index (χ1v) is 6.30. The van der Waals surface area contributed by atoms with E-state index in [4.69, 9.17) is 10.5 Å². The van der Waals surface area contributed by atoms with Crippen molar-refractivity contribution in [3.8, 4) is 0 Å². The Labute approximate surface area is 117 Å². The zero-order chi connectivity index (χ0) is 14.7. The molecule has 0 saturated heterocycles. The normalized spacial score (nSPS) is 18.9. The smallest absolute Gasteiger partial charge is 0.415 e. The second kappa shape index (κ2) is 5.75. The summed E-state index contributed by atoms with van der Waals surface area (Å²) in [6.45, 7) is 2.33. The van der Waals surface area contributed by atoms with E-state index in [-0.39, 0.29) is 5.91 Å². The van der Waals surface area contributed by atoms with Crippen LogP contribution in [0, 0.1) is 0 Å². The topological polar surface area (TPSA) is 75.9 Å². The Morgan fingerprint density at radius 3 is 2.55 bits per heavy atom. The SMILES string of the molecule is CCN1C=C(c2ccccc2)N(C(=O)OC)C(N)C1=O. The van der Waals surface area contributed by atoms with Gasteiger partial charge < -0.3 is 15.4 Å². The van der Waals surface area contributed by atoms with E-state index >= 15 is 0 Å². The number of benzene rings is 1. The first-order chi connectivity index (χ1) is 9.60. The number of hydrogen-bond acceptors (Lipinski definition) is 4. The molecular formula is C14H17N3O3. The van der Waals surface area contributed by atoms with Gasteiger partial charge in [0.25, 0.3) is 5.91 Å². The predicted octanol–water partition coefficient (Wildman–Crippen LogP) is 1.20. The molecule has 20 heavy (non-hydrogen) atoms. The quantitative estimate of drug-likeness (QED) is 0.880. The van der Waals surface area contributed by atoms with Crippen LogP contribution >= 0.6 is 0 Å². The van der Waals surface area contributed by atoms with Crippen LogP contribution in [0.2, 0.25) is 0 Å². The second-order valence-corrected chi connectivity index (χ2v) is 4.29. The number of carbonyl (C=O) groups is 2. The van der Waals surface area contributed by atoms with Gasteiger partial charge in [0.2, 0.25) is 0 Å². The van der Waals surface area contributed by atoms with E-state index in [1.165, 1.54) is 16.9 Å². The van der Waals surface area contributed by atoms with Crippen molar-refractivity contribution < 1.29 is 14.3 Å². The second-order valence-electron chi connectivity index (χ2n) is 4.29. The van der Waals surface area contributed by atoms with E-state index in [0.29, 0.717) is 12.2 Å². The highest BCUT2D eigenvalue weighted by molar-refractivity contribution is 5.95. The van der Waals surface area contributed by atoms with Crippen molar-refractivity contribution in [3.05, 3.63) is 42.1 Å². The molecule has 2 N–H and O–H groups in total. The van der Waals surface area contributed by atoms with Crippen molar-refractivity contribution in [2.45, 2.75) is 13.1 Å². The molecule has 0 saturated carbocycles. The molecule has 106 valence electrons. The molecule has 2 amide bonds. The lowest BCUT2D eigenvalue weighted by molar-refractivity contribution is -0.133. The third-order valence-electron chi connectivity index (χ3n) is 3.13. The fourth-order valence-electron chi connectivity index (χ4n) is 2.08. The molecule has 1 aliphatic heterocycles. The maximum atomic E-state index is 12.1. The van der Waals surface area contributed by atoms with Crippen LogP contribution in [0.1, 0.15) is 12.5 Å². The van der Waals surface area contributed by atoms with Gasteiger partial charge in [0.1, 0.15) is 0 Å². The largest absolute Gasteiger partial charge is 0.452 e. The summed E-state index contributed by atoms with van der Waals surface area (Å²) >= 11 is 0. The highest BCUT2D eigenvalue weighted by Gasteiger charge is 2.37. The van der Waals surface area contributed by atoms with Crippen LogP contribution in [-0.4, -0.2) is 41.6 Å². The summed E-state index contributed by atoms with van der Waals surface area (Å²) < 4.78 is 4.72. The zero-order valence-corrected chi connectivity index (χ0v) is 11.4. The van der Waals surface area contributed by atoms with E-state index in [9.17, 15) is 9.59 Å². The number of nitrogens with zero attached hydrogens (tertiary/aromatic N) is 2. The molecule has 1 aromatic rings. The predicted molar refractivity (Wildman–Crippen MR) is 74.0 cm³/mol. The van der Waals surface area contributed by atoms with E-state index in [1.54, 1.807) is 6.20 Å². The Morgan fingerprint density at radius 2 is 2.00 bits per heavy atom. The minimum absolute atomic E-state index is 0.336. The van der Waals surface area contributed by atoms with Crippen molar-refractivity contribution in [3.63, 3.8) is 0 Å². The molecule has 1 unspecified atom stereocenters. The number of methoxy groups -OCH3 is 1. The third-order valence-corrected chi connectivity index (χ3v) is 3.13. The first-order valence-electron chi connectivity index (χ1n) is 6.30. The summed E-state index contributed by atoms with van der Waals surface area (Å²) in [5.74, 6) is -0.336. The molecule has 0 aromatic heterocycles. The average molecular weight is 275 g/mol. The van der Waals surface area contributed by atoms with Crippen LogP contribution in [0.5, 0.6) is 0 Å². The lowest BCUT2D eigenvalue weighted by atomic mass is 10.1. The van der Waals surface area contributed by atoms with Gasteiger partial charge in [-0.2, -0.15) is 0 Å². The molecule has 6 nitrogen and oxygen atoms in total. The molecule has 0 aliphatic carbocycles. The molecule has 6 heteroatoms. The Hall–Kier alpha value is -2.34. The number of amides is 2. The van der Waals surface area contributed by atoms with Gasteiger partial charge in [-0.3, -0.25) is 9.69 Å². The highest BCUT2D eigenvalue weighted by Crippen LogP contribution is 2.26. The van der Waals surface area contributed by atoms with Crippen molar-refractivity contribution in [2.75, 3.05) is 13.7 Å². The van der Waals surface area contributed by atoms with Gasteiger partial charge >= 0.3 is 6.09 Å². The Balaban J connectivity index is 2.52. The molecule has 1 aliphatic rings. The summed E-state index contributed by atoms with van der Waals surface area (Å²) in [7, 11) is 1.26. The van der Waals surface area contributed by atoms with Crippen molar-refractivity contribution in [1.29, 1.82) is 0 Å². The molecule has 1 heterocycles. The van der Waals surface area contributed by atoms with Crippen LogP contribution in [-0.2, 0) is 9.53 Å². The van der Waals surface area contributed by atoms with Crippen LogP contribution in [0.25, 0.3) is 5.70 Å². The summed E-state index contributed by atoms with van der Waals surface area (Å²) in [5, 5.41) is 0. The average Bonchev–Trinajstić information content (AvgIpc) is 2.49. The lowest BCUT2D eigenvalue weighted by Gasteiger charge is -2.36. The van der Waals surface area contributed by atoms with Gasteiger partial charge in [0, 0.05) is 12.7 Å². The van der Waals surface area contributed by atoms with E-state index in [0.717, 1.165) is 5.56 Å². The maximum Gasteiger partial charge on any atom is 0.415 e. The van der Waals surface area contributed by atoms with Crippen molar-refractivity contribution in [2.24, 2.45) is 5.73 Å². The molecule has 0 fully saturated rings. The van der Waals surface area contributed by atoms with Gasteiger partial charge in [0.15, 0.2) is 6.17 Å². The van der Waals surface area contributed by atoms with Gasteiger partial charge in [0.05, 0.1) is 12.8 Å². The van der Waals surface area contributed by atoms with Crippen molar-refractivity contribution >= 4 is 17.7 Å². The number of likely N-dealkylation sites (N-methyl/N-ethyl adjacent to an activating group) is 1. The number of carbonyl (C=O) groups excluding carboxylic acids is 2. The fourth-order valence-corrected chi connectivity index (χ4v) is 2.08. The van der Waals surface area contributed by atoms with E-state index in [2.05, 4.69) is 0 Å². The lowest BCUT2D eigenvalue weighted by Crippen LogP contribution is -2.57. The van der Waals surface area contributed by atoms with Crippen LogP contribution in [0.15, 0.2) is 36.5 Å². The Bertz CT molecular complexity index is 542. The molecule has 0 spiro atoms. The molecule has 1 atom stereocenters. The Morgan fingerprint density at radius 1 is 1.35 bits per heavy atom. The third kappa shape index (κ3) is 2.37. The van der Waals surface area contributed by atoms with Crippen LogP contribution in [0.4, 0.5) is 4.79 Å². The Kier molecular flexibility index (Phi) is 4.05. The van der Waals surface area contributed by atoms with Gasteiger partial charge in [-0.05, 0) is 12.5 Å². The monoisotopic (exact) mass is 275 g/mol. The molecule has 0 bridgehead atoms. The summed E-state index contributed by atoms with van der Waals surface area (Å²) in [5.41, 5.74) is 7.22. The van der Waals surface area contributed by atoms with Gasteiger partial charge in [-0.25, -0.2) is 4.79 Å². The van der Waals surface area contributed by atoms with Crippen molar-refractivity contribution in [1.82, 2.24) is 9.80 Å². The fraction of sp³-hybridized carbons (Fsp3) is 0.286. The zero-order valence-electron chi connectivity index (χ0n) is 11.4. The molecule has 1 aromatic carbocycles. The van der Waals surface area contributed by atoms with E-state index < -0.39 is 12.3 Å². The minimum Gasteiger partial charge on any atom is -0.452 e. The minimum atomic E-state index is -1.08. The first kappa shape index (κ1) is 14.1. The van der Waals surface area contributed by atoms with Gasteiger partial charge in [-0.15, -0.1) is 0 Å². The van der Waals surface area contributed by atoms with Crippen LogP contribution in [0.3, 0.4) is 0 Å².